The zero-order valence-electron chi connectivity index (χ0n) is 20.2. The maximum absolute atomic E-state index is 12.6. The largest absolute Gasteiger partial charge is 0.460 e. The summed E-state index contributed by atoms with van der Waals surface area (Å²) >= 11 is 16.6. The monoisotopic (exact) mass is 547 g/mol. The summed E-state index contributed by atoms with van der Waals surface area (Å²) < 4.78 is 8.14. The highest BCUT2D eigenvalue weighted by atomic mass is 35.6. The molecule has 0 bridgehead atoms. The molecule has 0 radical (unpaired) electrons. The number of methoxy groups -OCH3 is 1. The molecule has 1 aliphatic heterocycles. The highest BCUT2D eigenvalue weighted by Crippen LogP contribution is 2.26. The molecule has 1 heterocycles. The van der Waals surface area contributed by atoms with E-state index in [0.29, 0.717) is 25.8 Å². The molecule has 0 aliphatic carbocycles. The van der Waals surface area contributed by atoms with Crippen molar-refractivity contribution < 1.29 is 28.7 Å². The summed E-state index contributed by atoms with van der Waals surface area (Å²) in [5.74, 6) is -1.64. The van der Waals surface area contributed by atoms with Gasteiger partial charge in [-0.3, -0.25) is 24.2 Å². The molecule has 1 fully saturated rings. The first-order valence-electron chi connectivity index (χ1n) is 10.7. The summed E-state index contributed by atoms with van der Waals surface area (Å²) in [4.78, 5) is 47.4. The van der Waals surface area contributed by atoms with Gasteiger partial charge in [-0.2, -0.15) is 0 Å². The van der Waals surface area contributed by atoms with Crippen LogP contribution in [0.5, 0.6) is 0 Å². The van der Waals surface area contributed by atoms with Crippen molar-refractivity contribution in [2.45, 2.75) is 74.5 Å². The van der Waals surface area contributed by atoms with E-state index in [9.17, 15) is 19.2 Å². The van der Waals surface area contributed by atoms with Gasteiger partial charge in [-0.1, -0.05) is 34.8 Å². The van der Waals surface area contributed by atoms with Crippen LogP contribution in [0.15, 0.2) is 0 Å². The number of hydrogen-bond donors (Lipinski definition) is 4. The Morgan fingerprint density at radius 2 is 1.85 bits per heavy atom. The van der Waals surface area contributed by atoms with E-state index >= 15 is 0 Å². The van der Waals surface area contributed by atoms with E-state index < -0.39 is 46.3 Å². The Balaban J connectivity index is 0.00000160. The molecule has 198 valence electrons. The van der Waals surface area contributed by atoms with Crippen LogP contribution in [0.25, 0.3) is 0 Å². The van der Waals surface area contributed by atoms with Crippen LogP contribution in [-0.2, 0) is 28.7 Å². The Morgan fingerprint density at radius 1 is 1.26 bits per heavy atom. The van der Waals surface area contributed by atoms with E-state index in [1.165, 1.54) is 11.9 Å². The number of amides is 3. The van der Waals surface area contributed by atoms with E-state index in [4.69, 9.17) is 50.0 Å². The van der Waals surface area contributed by atoms with Crippen molar-refractivity contribution in [2.24, 2.45) is 5.73 Å². The summed E-state index contributed by atoms with van der Waals surface area (Å²) in [6.07, 6.45) is 1.59. The minimum Gasteiger partial charge on any atom is -0.460 e. The Kier molecular flexibility index (Phi) is 15.0. The zero-order chi connectivity index (χ0) is 26.5. The van der Waals surface area contributed by atoms with Gasteiger partial charge in [-0.15, -0.1) is 0 Å². The number of carbonyl (C=O) groups excluding carboxylic acids is 4. The Hall–Kier alpha value is -1.37. The van der Waals surface area contributed by atoms with Crippen molar-refractivity contribution in [3.63, 3.8) is 0 Å². The quantitative estimate of drug-likeness (QED) is 0.187. The van der Waals surface area contributed by atoms with Crippen molar-refractivity contribution in [2.75, 3.05) is 26.8 Å². The summed E-state index contributed by atoms with van der Waals surface area (Å²) in [5.41, 5.74) is 8.21. The number of halogens is 3. The number of ether oxygens (including phenoxy) is 2. The predicted molar refractivity (Wildman–Crippen MR) is 130 cm³/mol. The van der Waals surface area contributed by atoms with Gasteiger partial charge in [0.25, 0.3) is 5.91 Å². The summed E-state index contributed by atoms with van der Waals surface area (Å²) in [5, 5.41) is 6.11. The number of alkyl halides is 3. The van der Waals surface area contributed by atoms with E-state index in [-0.39, 0.29) is 18.6 Å². The molecule has 0 spiro atoms. The molecule has 0 saturated carbocycles. The van der Waals surface area contributed by atoms with Gasteiger partial charge in [0.1, 0.15) is 24.7 Å². The van der Waals surface area contributed by atoms with Crippen molar-refractivity contribution >= 4 is 59.0 Å². The van der Waals surface area contributed by atoms with Crippen molar-refractivity contribution in [1.82, 2.24) is 21.1 Å². The van der Waals surface area contributed by atoms with Crippen molar-refractivity contribution in [3.8, 4) is 0 Å². The number of hydrazine groups is 1. The molecular weight excluding hydrogens is 513 g/mol. The zero-order valence-corrected chi connectivity index (χ0v) is 22.4. The normalized spacial score (nSPS) is 18.0. The molecule has 0 aromatic heterocycles. The minimum atomic E-state index is -1.73. The summed E-state index contributed by atoms with van der Waals surface area (Å²) in [6.45, 7) is 7.67. The van der Waals surface area contributed by atoms with Gasteiger partial charge in [0.05, 0.1) is 5.60 Å². The van der Waals surface area contributed by atoms with Gasteiger partial charge >= 0.3 is 5.97 Å². The molecule has 5 N–H and O–H groups in total. The lowest BCUT2D eigenvalue weighted by atomic mass is 10.1. The first kappa shape index (κ1) is 32.6. The lowest BCUT2D eigenvalue weighted by molar-refractivity contribution is -0.152. The number of hydrogen-bond acceptors (Lipinski definition) is 8. The fraction of sp³-hybridized carbons (Fsp3) is 0.800. The van der Waals surface area contributed by atoms with Crippen LogP contribution in [0.1, 0.15) is 47.0 Å². The first-order chi connectivity index (χ1) is 15.6. The van der Waals surface area contributed by atoms with Gasteiger partial charge in [0.2, 0.25) is 16.1 Å². The van der Waals surface area contributed by atoms with Crippen LogP contribution in [0, 0.1) is 0 Å². The van der Waals surface area contributed by atoms with Gasteiger partial charge in [0, 0.05) is 13.7 Å². The molecule has 14 heteroatoms. The molecule has 1 saturated heterocycles. The molecule has 3 amide bonds. The molecule has 3 unspecified atom stereocenters. The molecule has 3 atom stereocenters. The van der Waals surface area contributed by atoms with E-state index in [1.54, 1.807) is 7.11 Å². The molecule has 1 rings (SSSR count). The highest BCUT2D eigenvalue weighted by molar-refractivity contribution is 6.67. The van der Waals surface area contributed by atoms with Crippen LogP contribution in [0.3, 0.4) is 0 Å². The molecule has 11 nitrogen and oxygen atoms in total. The molecule has 0 aromatic carbocycles. The number of rotatable bonds is 9. The molecule has 0 aromatic rings. The number of nitrogens with two attached hydrogens (primary N) is 1. The van der Waals surface area contributed by atoms with E-state index in [1.807, 2.05) is 20.8 Å². The smallest absolute Gasteiger partial charge is 0.325 e. The fourth-order valence-corrected chi connectivity index (χ4v) is 2.68. The maximum atomic E-state index is 12.6. The second-order valence-corrected chi connectivity index (χ2v) is 11.0. The van der Waals surface area contributed by atoms with Crippen LogP contribution in [0.4, 0.5) is 0 Å². The minimum absolute atomic E-state index is 0.0417. The maximum Gasteiger partial charge on any atom is 0.325 e. The van der Waals surface area contributed by atoms with Gasteiger partial charge in [0.15, 0.2) is 0 Å². The number of carbonyl (C=O) groups is 4. The van der Waals surface area contributed by atoms with Crippen LogP contribution < -0.4 is 21.8 Å². The Morgan fingerprint density at radius 3 is 2.32 bits per heavy atom. The van der Waals surface area contributed by atoms with Crippen LogP contribution in [-0.4, -0.2) is 83.5 Å². The van der Waals surface area contributed by atoms with E-state index in [2.05, 4.69) is 16.1 Å². The Bertz CT molecular complexity index is 672. The van der Waals surface area contributed by atoms with Gasteiger partial charge in [-0.05, 0) is 53.5 Å². The van der Waals surface area contributed by atoms with Crippen LogP contribution in [0.2, 0.25) is 0 Å². The Labute approximate surface area is 215 Å². The number of esters is 1. The first-order valence-corrected chi connectivity index (χ1v) is 11.8. The SMILES string of the molecule is CC(NC(=O)C(CCN)NC=O)C(=O)N1CCCC(C(=O)OCC(Cl)(Cl)Cl)N1.COC(C)(C)C. The topological polar surface area (TPSA) is 152 Å². The second-order valence-electron chi connectivity index (χ2n) is 8.50. The third-order valence-corrected chi connectivity index (χ3v) is 4.82. The molecule has 34 heavy (non-hydrogen) atoms. The fourth-order valence-electron chi connectivity index (χ4n) is 2.52. The van der Waals surface area contributed by atoms with E-state index in [0.717, 1.165) is 0 Å². The van der Waals surface area contributed by atoms with Gasteiger partial charge in [-0.25, -0.2) is 5.43 Å². The summed E-state index contributed by atoms with van der Waals surface area (Å²) in [6, 6.07) is -2.52. The third kappa shape index (κ3) is 14.1. The predicted octanol–water partition coefficient (Wildman–Crippen LogP) is 0.795. The summed E-state index contributed by atoms with van der Waals surface area (Å²) in [7, 11) is 1.71. The lowest BCUT2D eigenvalue weighted by Crippen LogP contribution is -2.60. The van der Waals surface area contributed by atoms with Crippen molar-refractivity contribution in [1.29, 1.82) is 0 Å². The van der Waals surface area contributed by atoms with Gasteiger partial charge < -0.3 is 25.8 Å². The molecular formula is C20H36Cl3N5O6. The average molecular weight is 549 g/mol. The van der Waals surface area contributed by atoms with Crippen LogP contribution >= 0.6 is 34.8 Å². The molecule has 1 aliphatic rings. The average Bonchev–Trinajstić information content (AvgIpc) is 2.76. The second kappa shape index (κ2) is 15.6. The third-order valence-electron chi connectivity index (χ3n) is 4.50. The number of nitrogens with zero attached hydrogens (tertiary/aromatic N) is 1. The highest BCUT2D eigenvalue weighted by Gasteiger charge is 2.33. The lowest BCUT2D eigenvalue weighted by Gasteiger charge is -2.34. The van der Waals surface area contributed by atoms with Crippen molar-refractivity contribution in [3.05, 3.63) is 0 Å². The standard InChI is InChI=1S/C15H24Cl3N5O5.C5H12O/c1-9(21-12(25)10(4-5-19)20-8-24)13(26)23-6-2-3-11(22-23)14(27)28-7-15(16,17)18;1-5(2,3)6-4/h8-11,22H,2-7,19H2,1H3,(H,20,24)(H,21,25);1-4H3. The number of nitrogens with one attached hydrogen (secondary N) is 3.